The van der Waals surface area contributed by atoms with Crippen molar-refractivity contribution in [2.45, 2.75) is 32.9 Å². The largest absolute Gasteiger partial charge is 0.490 e. The summed E-state index contributed by atoms with van der Waals surface area (Å²) in [5.74, 6) is 0.616. The molecule has 0 radical (unpaired) electrons. The summed E-state index contributed by atoms with van der Waals surface area (Å²) < 4.78 is 24.3. The summed E-state index contributed by atoms with van der Waals surface area (Å²) in [4.78, 5) is 39.4. The van der Waals surface area contributed by atoms with Gasteiger partial charge in [-0.25, -0.2) is 23.4 Å². The Morgan fingerprint density at radius 3 is 2.75 bits per heavy atom. The lowest BCUT2D eigenvalue weighted by molar-refractivity contribution is -0.126. The van der Waals surface area contributed by atoms with Crippen LogP contribution in [0.4, 0.5) is 10.2 Å². The fourth-order valence-electron chi connectivity index (χ4n) is 5.39. The molecule has 6 rings (SSSR count). The minimum atomic E-state index is -0.585. The van der Waals surface area contributed by atoms with Gasteiger partial charge in [-0.2, -0.15) is 10.1 Å². The van der Waals surface area contributed by atoms with E-state index in [9.17, 15) is 14.0 Å². The number of benzene rings is 1. The van der Waals surface area contributed by atoms with Gasteiger partial charge in [0.05, 0.1) is 11.7 Å². The molecule has 5 heterocycles. The lowest BCUT2D eigenvalue weighted by Gasteiger charge is -2.40. The van der Waals surface area contributed by atoms with Crippen LogP contribution in [0.3, 0.4) is 0 Å². The Morgan fingerprint density at radius 2 is 2.02 bits per heavy atom. The molecule has 0 spiro atoms. The molecule has 0 saturated carbocycles. The molecule has 1 saturated heterocycles. The quantitative estimate of drug-likeness (QED) is 0.347. The molecule has 12 heteroatoms. The van der Waals surface area contributed by atoms with Gasteiger partial charge in [-0.1, -0.05) is 30.3 Å². The van der Waals surface area contributed by atoms with E-state index < -0.39 is 11.5 Å². The summed E-state index contributed by atoms with van der Waals surface area (Å²) in [6.07, 6.45) is 1.29. The van der Waals surface area contributed by atoms with Crippen molar-refractivity contribution in [2.24, 2.45) is 0 Å². The fourth-order valence-corrected chi connectivity index (χ4v) is 5.56. The van der Waals surface area contributed by atoms with Gasteiger partial charge in [-0.05, 0) is 39.0 Å². The number of halogens is 2. The van der Waals surface area contributed by atoms with Gasteiger partial charge in [0.1, 0.15) is 35.2 Å². The number of hydrogen-bond acceptors (Lipinski definition) is 7. The van der Waals surface area contributed by atoms with Crippen molar-refractivity contribution >= 4 is 34.4 Å². The molecular weight excluding hydrogens is 537 g/mol. The number of anilines is 1. The van der Waals surface area contributed by atoms with Crippen molar-refractivity contribution in [3.05, 3.63) is 70.0 Å². The van der Waals surface area contributed by atoms with Gasteiger partial charge in [0, 0.05) is 42.9 Å². The summed E-state index contributed by atoms with van der Waals surface area (Å²) in [5, 5.41) is 5.21. The van der Waals surface area contributed by atoms with Crippen LogP contribution in [0.2, 0.25) is 5.15 Å². The Morgan fingerprint density at radius 1 is 1.25 bits per heavy atom. The van der Waals surface area contributed by atoms with Crippen molar-refractivity contribution in [3.8, 4) is 22.8 Å². The van der Waals surface area contributed by atoms with Crippen LogP contribution in [-0.4, -0.2) is 67.4 Å². The number of piperazine rings is 1. The predicted molar refractivity (Wildman–Crippen MR) is 150 cm³/mol. The Kier molecular flexibility index (Phi) is 6.33. The third kappa shape index (κ3) is 4.03. The molecule has 1 aromatic carbocycles. The normalized spacial score (nSPS) is 16.6. The van der Waals surface area contributed by atoms with Crippen LogP contribution in [0.5, 0.6) is 5.75 Å². The third-order valence-corrected chi connectivity index (χ3v) is 7.73. The average molecular weight is 564 g/mol. The highest BCUT2D eigenvalue weighted by Gasteiger charge is 2.36. The summed E-state index contributed by atoms with van der Waals surface area (Å²) in [5.41, 5.74) is 0.807. The number of pyridine rings is 1. The fraction of sp³-hybridized carbons (Fsp3) is 0.321. The summed E-state index contributed by atoms with van der Waals surface area (Å²) >= 11 is 6.44. The van der Waals surface area contributed by atoms with Crippen LogP contribution in [0.15, 0.2) is 47.8 Å². The molecule has 0 N–H and O–H groups in total. The molecule has 0 bridgehead atoms. The van der Waals surface area contributed by atoms with Gasteiger partial charge < -0.3 is 14.5 Å². The van der Waals surface area contributed by atoms with E-state index in [2.05, 4.69) is 16.7 Å². The van der Waals surface area contributed by atoms with Gasteiger partial charge >= 0.3 is 5.69 Å². The second kappa shape index (κ2) is 9.74. The first-order chi connectivity index (χ1) is 19.2. The molecular formula is C28H27ClFN7O3. The molecule has 2 aliphatic rings. The Hall–Kier alpha value is -4.25. The first-order valence-corrected chi connectivity index (χ1v) is 13.4. The van der Waals surface area contributed by atoms with E-state index in [0.29, 0.717) is 53.7 Å². The second-order valence-corrected chi connectivity index (χ2v) is 10.5. The van der Waals surface area contributed by atoms with E-state index in [1.807, 2.05) is 18.7 Å². The number of carbonyl (C=O) groups excluding carboxylic acids is 1. The lowest BCUT2D eigenvalue weighted by Crippen LogP contribution is -2.56. The molecule has 10 nitrogen and oxygen atoms in total. The first kappa shape index (κ1) is 26.0. The number of hydrogen-bond donors (Lipinski definition) is 0. The van der Waals surface area contributed by atoms with Crippen LogP contribution in [0.25, 0.3) is 28.1 Å². The summed E-state index contributed by atoms with van der Waals surface area (Å²) in [6, 6.07) is 7.56. The monoisotopic (exact) mass is 563 g/mol. The van der Waals surface area contributed by atoms with E-state index >= 15 is 0 Å². The standard InChI is InChI=1S/C28H27ClFN7O3/c1-5-22(38)34-10-11-35-17(13-34)14-40-21-12-20(18-8-6-7-9-19(18)30)31-26-23(21)25(35)32-28(39)36(26)27-16(4)24(29)33-37(27)15(2)3/h5-9,12,15,17H,1,10-11,13-14H2,2-4H3. The highest BCUT2D eigenvalue weighted by atomic mass is 35.5. The minimum Gasteiger partial charge on any atom is -0.490 e. The maximum atomic E-state index is 15.0. The van der Waals surface area contributed by atoms with E-state index in [1.165, 1.54) is 16.7 Å². The van der Waals surface area contributed by atoms with Gasteiger partial charge in [-0.3, -0.25) is 4.79 Å². The number of ether oxygens (including phenoxy) is 1. The van der Waals surface area contributed by atoms with Gasteiger partial charge in [-0.15, -0.1) is 0 Å². The molecule has 3 aromatic heterocycles. The van der Waals surface area contributed by atoms with Crippen LogP contribution in [0.1, 0.15) is 25.5 Å². The summed E-state index contributed by atoms with van der Waals surface area (Å²) in [6.45, 7) is 10.7. The molecule has 1 amide bonds. The zero-order valence-corrected chi connectivity index (χ0v) is 23.0. The number of fused-ring (bicyclic) bond motifs is 2. The molecule has 4 aromatic rings. The highest BCUT2D eigenvalue weighted by molar-refractivity contribution is 6.30. The molecule has 40 heavy (non-hydrogen) atoms. The zero-order valence-electron chi connectivity index (χ0n) is 22.3. The smallest absolute Gasteiger partial charge is 0.357 e. The number of aromatic nitrogens is 5. The maximum Gasteiger partial charge on any atom is 0.357 e. The Bertz CT molecular complexity index is 1750. The predicted octanol–water partition coefficient (Wildman–Crippen LogP) is 3.92. The highest BCUT2D eigenvalue weighted by Crippen LogP contribution is 2.40. The molecule has 1 fully saturated rings. The third-order valence-electron chi connectivity index (χ3n) is 7.37. The van der Waals surface area contributed by atoms with Crippen LogP contribution in [0, 0.1) is 12.7 Å². The Labute approximate surface area is 234 Å². The van der Waals surface area contributed by atoms with Crippen molar-refractivity contribution in [2.75, 3.05) is 31.1 Å². The molecule has 1 unspecified atom stereocenters. The molecule has 0 aliphatic carbocycles. The summed E-state index contributed by atoms with van der Waals surface area (Å²) in [7, 11) is 0. The SMILES string of the molecule is C=CC(=O)N1CCN2c3nc(=O)n(-c4c(C)c(Cl)nn4C(C)C)c4nc(-c5ccccc5F)cc(c34)OCC2C1. The molecule has 2 aliphatic heterocycles. The van der Waals surface area contributed by atoms with Crippen molar-refractivity contribution in [1.29, 1.82) is 0 Å². The van der Waals surface area contributed by atoms with E-state index in [-0.39, 0.29) is 41.0 Å². The van der Waals surface area contributed by atoms with Gasteiger partial charge in [0.15, 0.2) is 10.8 Å². The molecule has 206 valence electrons. The first-order valence-electron chi connectivity index (χ1n) is 13.0. The minimum absolute atomic E-state index is 0.135. The van der Waals surface area contributed by atoms with Crippen molar-refractivity contribution < 1.29 is 13.9 Å². The zero-order chi connectivity index (χ0) is 28.3. The van der Waals surface area contributed by atoms with E-state index in [4.69, 9.17) is 21.3 Å². The van der Waals surface area contributed by atoms with E-state index in [0.717, 1.165) is 0 Å². The number of nitrogens with zero attached hydrogens (tertiary/aromatic N) is 7. The average Bonchev–Trinajstić information content (AvgIpc) is 3.14. The number of amides is 1. The lowest BCUT2D eigenvalue weighted by atomic mass is 10.1. The van der Waals surface area contributed by atoms with Crippen LogP contribution in [-0.2, 0) is 4.79 Å². The Balaban J connectivity index is 1.66. The number of rotatable bonds is 4. The van der Waals surface area contributed by atoms with Gasteiger partial charge in [0.25, 0.3) is 0 Å². The second-order valence-electron chi connectivity index (χ2n) is 10.2. The van der Waals surface area contributed by atoms with Crippen molar-refractivity contribution in [3.63, 3.8) is 0 Å². The van der Waals surface area contributed by atoms with Crippen LogP contribution < -0.4 is 15.3 Å². The van der Waals surface area contributed by atoms with E-state index in [1.54, 1.807) is 40.8 Å². The van der Waals surface area contributed by atoms with Gasteiger partial charge in [0.2, 0.25) is 5.91 Å². The topological polar surface area (TPSA) is 98.4 Å². The van der Waals surface area contributed by atoms with Crippen molar-refractivity contribution in [1.82, 2.24) is 29.2 Å². The molecule has 1 atom stereocenters. The number of carbonyl (C=O) groups is 1. The van der Waals surface area contributed by atoms with Crippen LogP contribution >= 0.6 is 11.6 Å². The maximum absolute atomic E-state index is 15.0.